The van der Waals surface area contributed by atoms with Gasteiger partial charge in [0.05, 0.1) is 14.2 Å². The van der Waals surface area contributed by atoms with Crippen molar-refractivity contribution >= 4 is 27.6 Å². The van der Waals surface area contributed by atoms with Gasteiger partial charge in [-0.25, -0.2) is 8.42 Å². The number of hydrogen-bond acceptors (Lipinski definition) is 6. The van der Waals surface area contributed by atoms with Crippen LogP contribution in [0.15, 0.2) is 47.4 Å². The van der Waals surface area contributed by atoms with Crippen molar-refractivity contribution in [3.8, 4) is 5.75 Å². The first kappa shape index (κ1) is 23.2. The number of esters is 1. The van der Waals surface area contributed by atoms with Gasteiger partial charge in [0.25, 0.3) is 15.9 Å². The number of rotatable bonds is 10. The molecule has 0 aliphatic rings. The summed E-state index contributed by atoms with van der Waals surface area (Å²) in [6.07, 6.45) is 1.45. The Hall–Kier alpha value is -3.07. The van der Waals surface area contributed by atoms with Crippen molar-refractivity contribution in [3.05, 3.63) is 53.6 Å². The number of anilines is 1. The molecule has 8 nitrogen and oxygen atoms in total. The van der Waals surface area contributed by atoms with Crippen LogP contribution >= 0.6 is 0 Å². The lowest BCUT2D eigenvalue weighted by atomic mass is 10.2. The second-order valence-corrected chi connectivity index (χ2v) is 8.28. The molecule has 0 radical (unpaired) electrons. The minimum absolute atomic E-state index is 0.129. The summed E-state index contributed by atoms with van der Waals surface area (Å²) in [5.41, 5.74) is 1.59. The fraction of sp³-hybridized carbons (Fsp3) is 0.333. The highest BCUT2D eigenvalue weighted by Crippen LogP contribution is 2.27. The fourth-order valence-electron chi connectivity index (χ4n) is 2.66. The van der Waals surface area contributed by atoms with Gasteiger partial charge in [0.15, 0.2) is 0 Å². The molecule has 0 heterocycles. The Morgan fingerprint density at radius 3 is 2.33 bits per heavy atom. The van der Waals surface area contributed by atoms with Gasteiger partial charge in [0, 0.05) is 24.2 Å². The lowest BCUT2D eigenvalue weighted by Gasteiger charge is -2.13. The largest absolute Gasteiger partial charge is 0.495 e. The van der Waals surface area contributed by atoms with Crippen molar-refractivity contribution < 1.29 is 27.5 Å². The Morgan fingerprint density at radius 1 is 1.00 bits per heavy atom. The van der Waals surface area contributed by atoms with E-state index in [9.17, 15) is 18.0 Å². The van der Waals surface area contributed by atoms with Crippen molar-refractivity contribution in [1.29, 1.82) is 0 Å². The number of sulfonamides is 1. The smallest absolute Gasteiger partial charge is 0.305 e. The Morgan fingerprint density at radius 2 is 1.70 bits per heavy atom. The highest BCUT2D eigenvalue weighted by molar-refractivity contribution is 7.92. The molecule has 1 amide bonds. The van der Waals surface area contributed by atoms with Gasteiger partial charge in [0.1, 0.15) is 10.6 Å². The van der Waals surface area contributed by atoms with Crippen LogP contribution in [-0.2, 0) is 19.6 Å². The van der Waals surface area contributed by atoms with E-state index in [0.717, 1.165) is 5.56 Å². The Bertz CT molecular complexity index is 987. The number of amides is 1. The van der Waals surface area contributed by atoms with Crippen LogP contribution in [-0.4, -0.2) is 41.1 Å². The SMILES string of the molecule is COC(=O)CCCCNC(=O)c1ccc(OC)c(S(=O)(=O)Nc2ccc(C)cc2)c1. The highest BCUT2D eigenvalue weighted by Gasteiger charge is 2.22. The molecule has 30 heavy (non-hydrogen) atoms. The van der Waals surface area contributed by atoms with Crippen LogP contribution in [0.4, 0.5) is 5.69 Å². The average Bonchev–Trinajstić information content (AvgIpc) is 2.74. The van der Waals surface area contributed by atoms with Gasteiger partial charge in [-0.1, -0.05) is 17.7 Å². The van der Waals surface area contributed by atoms with E-state index in [1.54, 1.807) is 24.3 Å². The highest BCUT2D eigenvalue weighted by atomic mass is 32.2. The number of methoxy groups -OCH3 is 2. The summed E-state index contributed by atoms with van der Waals surface area (Å²) in [6, 6.07) is 11.1. The van der Waals surface area contributed by atoms with Crippen molar-refractivity contribution in [3.63, 3.8) is 0 Å². The predicted molar refractivity (Wildman–Crippen MR) is 113 cm³/mol. The molecule has 2 aromatic rings. The van der Waals surface area contributed by atoms with E-state index in [1.165, 1.54) is 32.4 Å². The third kappa shape index (κ3) is 6.48. The quantitative estimate of drug-likeness (QED) is 0.439. The van der Waals surface area contributed by atoms with Crippen LogP contribution in [0.1, 0.15) is 35.2 Å². The zero-order valence-electron chi connectivity index (χ0n) is 17.2. The van der Waals surface area contributed by atoms with Gasteiger partial charge in [-0.15, -0.1) is 0 Å². The van der Waals surface area contributed by atoms with Crippen LogP contribution in [0.25, 0.3) is 0 Å². The molecule has 0 unspecified atom stereocenters. The molecular weight excluding hydrogens is 408 g/mol. The first-order valence-electron chi connectivity index (χ1n) is 9.39. The molecule has 0 saturated heterocycles. The average molecular weight is 435 g/mol. The molecule has 2 aromatic carbocycles. The number of unbranched alkanes of at least 4 members (excludes halogenated alkanes) is 1. The van der Waals surface area contributed by atoms with E-state index in [2.05, 4.69) is 14.8 Å². The maximum Gasteiger partial charge on any atom is 0.305 e. The molecule has 0 spiro atoms. The molecule has 0 aliphatic carbocycles. The Balaban J connectivity index is 2.11. The monoisotopic (exact) mass is 434 g/mol. The number of carbonyl (C=O) groups is 2. The third-order valence-electron chi connectivity index (χ3n) is 4.34. The summed E-state index contributed by atoms with van der Waals surface area (Å²) < 4.78 is 38.0. The minimum Gasteiger partial charge on any atom is -0.495 e. The Kier molecular flexibility index (Phi) is 8.23. The first-order chi connectivity index (χ1) is 14.3. The van der Waals surface area contributed by atoms with Gasteiger partial charge in [-0.2, -0.15) is 0 Å². The van der Waals surface area contributed by atoms with E-state index in [0.29, 0.717) is 25.1 Å². The molecule has 162 valence electrons. The Labute approximate surface area is 176 Å². The third-order valence-corrected chi connectivity index (χ3v) is 5.74. The van der Waals surface area contributed by atoms with Crippen LogP contribution in [0.5, 0.6) is 5.75 Å². The minimum atomic E-state index is -3.97. The summed E-state index contributed by atoms with van der Waals surface area (Å²) >= 11 is 0. The van der Waals surface area contributed by atoms with Gasteiger partial charge in [0.2, 0.25) is 0 Å². The number of aryl methyl sites for hydroxylation is 1. The number of ether oxygens (including phenoxy) is 2. The van der Waals surface area contributed by atoms with Crippen molar-refractivity contribution in [2.24, 2.45) is 0 Å². The molecule has 0 aliphatic heterocycles. The summed E-state index contributed by atoms with van der Waals surface area (Å²) in [7, 11) is -1.28. The van der Waals surface area contributed by atoms with Crippen molar-refractivity contribution in [2.75, 3.05) is 25.5 Å². The molecule has 2 N–H and O–H groups in total. The molecule has 0 atom stereocenters. The lowest BCUT2D eigenvalue weighted by molar-refractivity contribution is -0.140. The number of hydrogen-bond donors (Lipinski definition) is 2. The summed E-state index contributed by atoms with van der Waals surface area (Å²) in [6.45, 7) is 2.25. The maximum atomic E-state index is 12.9. The molecular formula is C21H26N2O6S. The van der Waals surface area contributed by atoms with E-state index in [-0.39, 0.29) is 28.6 Å². The number of nitrogens with one attached hydrogen (secondary N) is 2. The van der Waals surface area contributed by atoms with Crippen LogP contribution < -0.4 is 14.8 Å². The van der Waals surface area contributed by atoms with E-state index < -0.39 is 15.9 Å². The first-order valence-corrected chi connectivity index (χ1v) is 10.9. The van der Waals surface area contributed by atoms with Gasteiger partial charge >= 0.3 is 5.97 Å². The molecule has 0 aromatic heterocycles. The van der Waals surface area contributed by atoms with Crippen LogP contribution in [0, 0.1) is 6.92 Å². The predicted octanol–water partition coefficient (Wildman–Crippen LogP) is 2.88. The molecule has 0 saturated carbocycles. The summed E-state index contributed by atoms with van der Waals surface area (Å²) in [5.74, 6) is -0.584. The standard InChI is InChI=1S/C21H26N2O6S/c1-15-7-10-17(11-8-15)23-30(26,27)19-14-16(9-12-18(19)28-2)21(25)22-13-5-4-6-20(24)29-3/h7-12,14,23H,4-6,13H2,1-3H3,(H,22,25). The molecule has 9 heteroatoms. The second kappa shape index (κ2) is 10.6. The van der Waals surface area contributed by atoms with Crippen LogP contribution in [0.3, 0.4) is 0 Å². The van der Waals surface area contributed by atoms with E-state index in [4.69, 9.17) is 4.74 Å². The van der Waals surface area contributed by atoms with Crippen LogP contribution in [0.2, 0.25) is 0 Å². The zero-order chi connectivity index (χ0) is 22.1. The topological polar surface area (TPSA) is 111 Å². The number of carbonyl (C=O) groups excluding carboxylic acids is 2. The fourth-order valence-corrected chi connectivity index (χ4v) is 3.91. The van der Waals surface area contributed by atoms with Crippen molar-refractivity contribution in [1.82, 2.24) is 5.32 Å². The van der Waals surface area contributed by atoms with Gasteiger partial charge in [-0.3, -0.25) is 14.3 Å². The summed E-state index contributed by atoms with van der Waals surface area (Å²) in [4.78, 5) is 23.4. The second-order valence-electron chi connectivity index (χ2n) is 6.63. The zero-order valence-corrected chi connectivity index (χ0v) is 18.0. The lowest BCUT2D eigenvalue weighted by Crippen LogP contribution is -2.25. The van der Waals surface area contributed by atoms with E-state index >= 15 is 0 Å². The molecule has 0 bridgehead atoms. The molecule has 0 fully saturated rings. The number of benzene rings is 2. The molecule has 2 rings (SSSR count). The van der Waals surface area contributed by atoms with Gasteiger partial charge < -0.3 is 14.8 Å². The van der Waals surface area contributed by atoms with Gasteiger partial charge in [-0.05, 0) is 50.1 Å². The van der Waals surface area contributed by atoms with Crippen molar-refractivity contribution in [2.45, 2.75) is 31.1 Å². The summed E-state index contributed by atoms with van der Waals surface area (Å²) in [5, 5.41) is 2.72. The maximum absolute atomic E-state index is 12.9. The van der Waals surface area contributed by atoms with E-state index in [1.807, 2.05) is 6.92 Å². The normalized spacial score (nSPS) is 10.9.